The zero-order valence-corrected chi connectivity index (χ0v) is 19.6. The number of nitrogens with zero attached hydrogens (tertiary/aromatic N) is 5. The summed E-state index contributed by atoms with van der Waals surface area (Å²) in [5.74, 6) is 0.880. The summed E-state index contributed by atoms with van der Waals surface area (Å²) < 4.78 is 21.7. The number of amides is 1. The van der Waals surface area contributed by atoms with E-state index in [0.29, 0.717) is 23.9 Å². The van der Waals surface area contributed by atoms with E-state index in [9.17, 15) is 9.18 Å². The molecule has 3 heterocycles. The van der Waals surface area contributed by atoms with Crippen LogP contribution in [0.1, 0.15) is 60.4 Å². The second-order valence-electron chi connectivity index (χ2n) is 9.02. The van der Waals surface area contributed by atoms with Gasteiger partial charge in [0.2, 0.25) is 5.88 Å². The lowest BCUT2D eigenvalue weighted by Crippen LogP contribution is -2.26. The number of halogens is 1. The van der Waals surface area contributed by atoms with E-state index >= 15 is 0 Å². The lowest BCUT2D eigenvalue weighted by atomic mass is 9.80. The quantitative estimate of drug-likeness (QED) is 0.580. The number of aromatic nitrogens is 4. The third kappa shape index (κ3) is 5.30. The van der Waals surface area contributed by atoms with Crippen molar-refractivity contribution >= 4 is 17.2 Å². The number of carbonyl (C=O) groups excluding carboxylic acids is 1. The summed E-state index contributed by atoms with van der Waals surface area (Å²) in [7, 11) is 4.19. The van der Waals surface area contributed by atoms with Gasteiger partial charge in [0, 0.05) is 37.1 Å². The van der Waals surface area contributed by atoms with Crippen molar-refractivity contribution in [2.45, 2.75) is 45.4 Å². The highest BCUT2D eigenvalue weighted by Crippen LogP contribution is 2.35. The Morgan fingerprint density at radius 1 is 1.30 bits per heavy atom. The van der Waals surface area contributed by atoms with E-state index in [1.165, 1.54) is 18.7 Å². The maximum Gasteiger partial charge on any atom is 0.262 e. The minimum Gasteiger partial charge on any atom is -0.477 e. The van der Waals surface area contributed by atoms with E-state index in [0.717, 1.165) is 31.6 Å². The Hall–Kier alpha value is -3.07. The van der Waals surface area contributed by atoms with Gasteiger partial charge >= 0.3 is 0 Å². The molecule has 3 aromatic heterocycles. The highest BCUT2D eigenvalue weighted by molar-refractivity contribution is 6.05. The molecule has 1 amide bonds. The Balaban J connectivity index is 1.55. The fourth-order valence-corrected chi connectivity index (χ4v) is 4.63. The Labute approximate surface area is 193 Å². The maximum absolute atomic E-state index is 14.4. The van der Waals surface area contributed by atoms with Gasteiger partial charge in [-0.05, 0) is 53.1 Å². The Morgan fingerprint density at radius 2 is 2.12 bits per heavy atom. The van der Waals surface area contributed by atoms with Crippen LogP contribution in [0.5, 0.6) is 5.88 Å². The van der Waals surface area contributed by atoms with Crippen LogP contribution in [0, 0.1) is 18.7 Å². The molecule has 0 spiro atoms. The maximum atomic E-state index is 14.4. The third-order valence-electron chi connectivity index (χ3n) is 5.95. The molecule has 1 fully saturated rings. The van der Waals surface area contributed by atoms with Crippen LogP contribution in [0.2, 0.25) is 0 Å². The Bertz CT molecular complexity index is 1150. The summed E-state index contributed by atoms with van der Waals surface area (Å²) in [4.78, 5) is 28.5. The normalized spacial score (nSPS) is 18.6. The van der Waals surface area contributed by atoms with Crippen LogP contribution < -0.4 is 10.1 Å². The van der Waals surface area contributed by atoms with Gasteiger partial charge in [0.1, 0.15) is 11.4 Å². The van der Waals surface area contributed by atoms with Crippen LogP contribution in [0.15, 0.2) is 24.7 Å². The summed E-state index contributed by atoms with van der Waals surface area (Å²) in [5, 5.41) is 2.73. The number of anilines is 1. The van der Waals surface area contributed by atoms with Gasteiger partial charge in [-0.15, -0.1) is 0 Å². The molecule has 8 nitrogen and oxygen atoms in total. The van der Waals surface area contributed by atoms with Crippen molar-refractivity contribution < 1.29 is 13.9 Å². The van der Waals surface area contributed by atoms with Gasteiger partial charge < -0.3 is 19.4 Å². The van der Waals surface area contributed by atoms with Crippen LogP contribution in [-0.2, 0) is 0 Å². The molecule has 0 aliphatic heterocycles. The molecule has 2 atom stereocenters. The van der Waals surface area contributed by atoms with Crippen LogP contribution in [0.25, 0.3) is 5.65 Å². The predicted molar refractivity (Wildman–Crippen MR) is 124 cm³/mol. The molecule has 9 heteroatoms. The van der Waals surface area contributed by atoms with Crippen LogP contribution in [0.3, 0.4) is 0 Å². The van der Waals surface area contributed by atoms with Crippen LogP contribution in [0.4, 0.5) is 10.1 Å². The molecule has 1 N–H and O–H groups in total. The van der Waals surface area contributed by atoms with Crippen molar-refractivity contribution in [2.75, 3.05) is 32.6 Å². The van der Waals surface area contributed by atoms with E-state index in [-0.39, 0.29) is 23.0 Å². The molecule has 1 unspecified atom stereocenters. The van der Waals surface area contributed by atoms with Gasteiger partial charge in [-0.2, -0.15) is 4.98 Å². The zero-order chi connectivity index (χ0) is 23.5. The number of hydrogen-bond acceptors (Lipinski definition) is 6. The van der Waals surface area contributed by atoms with Crippen molar-refractivity contribution in [3.63, 3.8) is 0 Å². The first-order chi connectivity index (χ1) is 15.8. The molecule has 4 rings (SSSR count). The van der Waals surface area contributed by atoms with E-state index in [1.54, 1.807) is 23.7 Å². The molecule has 1 saturated carbocycles. The largest absolute Gasteiger partial charge is 0.477 e. The fraction of sp³-hybridized carbons (Fsp3) is 0.500. The minimum absolute atomic E-state index is 0.216. The molecular weight excluding hydrogens is 423 g/mol. The lowest BCUT2D eigenvalue weighted by molar-refractivity contribution is 0.102. The number of fused-ring (bicyclic) bond motifs is 1. The minimum atomic E-state index is -0.512. The highest BCUT2D eigenvalue weighted by Gasteiger charge is 2.27. The number of hydrogen-bond donors (Lipinski definition) is 1. The first-order valence-corrected chi connectivity index (χ1v) is 11.4. The molecule has 0 saturated heterocycles. The second kappa shape index (κ2) is 9.82. The Kier molecular flexibility index (Phi) is 6.88. The van der Waals surface area contributed by atoms with Gasteiger partial charge in [-0.3, -0.25) is 4.79 Å². The Morgan fingerprint density at radius 3 is 2.88 bits per heavy atom. The molecule has 3 aromatic rings. The lowest BCUT2D eigenvalue weighted by Gasteiger charge is -2.30. The summed E-state index contributed by atoms with van der Waals surface area (Å²) >= 11 is 0. The van der Waals surface area contributed by atoms with E-state index in [2.05, 4.69) is 39.3 Å². The zero-order valence-electron chi connectivity index (χ0n) is 19.6. The first kappa shape index (κ1) is 23.1. The average Bonchev–Trinajstić information content (AvgIpc) is 3.14. The van der Waals surface area contributed by atoms with Crippen molar-refractivity contribution in [1.82, 2.24) is 24.3 Å². The number of rotatable bonds is 7. The molecule has 1 aliphatic rings. The molecule has 0 radical (unpaired) electrons. The summed E-state index contributed by atoms with van der Waals surface area (Å²) in [5.41, 5.74) is 1.44. The molecule has 1 aliphatic carbocycles. The van der Waals surface area contributed by atoms with E-state index in [4.69, 9.17) is 4.74 Å². The smallest absolute Gasteiger partial charge is 0.262 e. The predicted octanol–water partition coefficient (Wildman–Crippen LogP) is 4.06. The third-order valence-corrected chi connectivity index (χ3v) is 5.95. The van der Waals surface area contributed by atoms with Crippen molar-refractivity contribution in [2.24, 2.45) is 5.92 Å². The number of imidazole rings is 1. The van der Waals surface area contributed by atoms with Gasteiger partial charge in [0.25, 0.3) is 5.91 Å². The number of aryl methyl sites for hydroxylation is 1. The number of nitrogens with one attached hydrogen (secondary N) is 1. The number of carbonyl (C=O) groups is 1. The molecule has 0 bridgehead atoms. The van der Waals surface area contributed by atoms with Gasteiger partial charge in [0.05, 0.1) is 18.0 Å². The van der Waals surface area contributed by atoms with Gasteiger partial charge in [0.15, 0.2) is 11.5 Å². The van der Waals surface area contributed by atoms with E-state index < -0.39 is 11.7 Å². The topological polar surface area (TPSA) is 84.6 Å². The molecule has 0 aromatic carbocycles. The summed E-state index contributed by atoms with van der Waals surface area (Å²) in [6.45, 7) is 5.06. The van der Waals surface area contributed by atoms with Crippen LogP contribution in [-0.4, -0.2) is 57.4 Å². The summed E-state index contributed by atoms with van der Waals surface area (Å²) in [6, 6.07) is 1.25. The van der Waals surface area contributed by atoms with Crippen LogP contribution >= 0.6 is 0 Å². The number of ether oxygens (including phenoxy) is 1. The average molecular weight is 455 g/mol. The van der Waals surface area contributed by atoms with Crippen molar-refractivity contribution in [1.29, 1.82) is 0 Å². The van der Waals surface area contributed by atoms with E-state index in [1.807, 2.05) is 6.92 Å². The first-order valence-electron chi connectivity index (χ1n) is 11.4. The molecule has 33 heavy (non-hydrogen) atoms. The molecular formula is C24H31FN6O2. The SMILES string of the molecule is CCOc1nc(C2CCC[C@@H](CN(C)C)C2)ncc1C(=O)Nc1cc(F)c2nc(C)cn2c1. The fourth-order valence-electron chi connectivity index (χ4n) is 4.63. The second-order valence-corrected chi connectivity index (χ2v) is 9.02. The van der Waals surface area contributed by atoms with Crippen molar-refractivity contribution in [3.8, 4) is 5.88 Å². The number of pyridine rings is 1. The highest BCUT2D eigenvalue weighted by atomic mass is 19.1. The molecule has 176 valence electrons. The monoisotopic (exact) mass is 454 g/mol. The van der Waals surface area contributed by atoms with Gasteiger partial charge in [-0.25, -0.2) is 14.4 Å². The van der Waals surface area contributed by atoms with Gasteiger partial charge in [-0.1, -0.05) is 6.42 Å². The standard InChI is InChI=1S/C24H31FN6O2/c1-5-33-24-19(11-26-21(29-24)17-8-6-7-16(9-17)13-30(3)4)23(32)28-18-10-20(25)22-27-15(2)12-31(22)14-18/h10-12,14,16-17H,5-9,13H2,1-4H3,(H,28,32)/t16-,17?/m1/s1. The summed E-state index contributed by atoms with van der Waals surface area (Å²) in [6.07, 6.45) is 9.26. The van der Waals surface area contributed by atoms with Crippen molar-refractivity contribution in [3.05, 3.63) is 47.6 Å².